The molecule has 2 atom stereocenters. The van der Waals surface area contributed by atoms with Crippen LogP contribution in [0, 0.1) is 18.3 Å². The van der Waals surface area contributed by atoms with E-state index >= 15 is 0 Å². The maximum atomic E-state index is 5.75. The maximum absolute atomic E-state index is 5.75. The van der Waals surface area contributed by atoms with Gasteiger partial charge < -0.3 is 5.73 Å². The van der Waals surface area contributed by atoms with E-state index < -0.39 is 0 Å². The van der Waals surface area contributed by atoms with E-state index in [-0.39, 0.29) is 0 Å². The molecule has 2 unspecified atom stereocenters. The summed E-state index contributed by atoms with van der Waals surface area (Å²) in [5, 5.41) is 0. The first-order chi connectivity index (χ1) is 4.83. The second-order valence-electron chi connectivity index (χ2n) is 3.18. The molecule has 1 aliphatic rings. The fourth-order valence-electron chi connectivity index (χ4n) is 1.66. The maximum Gasteiger partial charge on any atom is 0.00887 e. The summed E-state index contributed by atoms with van der Waals surface area (Å²) in [4.78, 5) is 0. The summed E-state index contributed by atoms with van der Waals surface area (Å²) < 4.78 is 0. The molecular weight excluding hydrogens is 122 g/mol. The van der Waals surface area contributed by atoms with Crippen molar-refractivity contribution in [2.75, 3.05) is 0 Å². The van der Waals surface area contributed by atoms with Gasteiger partial charge in [0.2, 0.25) is 0 Å². The van der Waals surface area contributed by atoms with Gasteiger partial charge in [0.1, 0.15) is 0 Å². The summed E-state index contributed by atoms with van der Waals surface area (Å²) >= 11 is 0. The van der Waals surface area contributed by atoms with Crippen LogP contribution in [0.4, 0.5) is 0 Å². The van der Waals surface area contributed by atoms with Crippen LogP contribution < -0.4 is 5.73 Å². The number of nitrogens with two attached hydrogens (primary N) is 1. The molecule has 10 heavy (non-hydrogen) atoms. The molecule has 0 heterocycles. The first kappa shape index (κ1) is 7.63. The monoisotopic (exact) mass is 137 g/mol. The minimum atomic E-state index is 0.461. The van der Waals surface area contributed by atoms with Crippen LogP contribution in [0.2, 0.25) is 0 Å². The summed E-state index contributed by atoms with van der Waals surface area (Å²) in [7, 11) is 0. The largest absolute Gasteiger partial charge is 0.328 e. The average Bonchev–Trinajstić information content (AvgIpc) is 2.31. The predicted octanol–water partition coefficient (Wildman–Crippen LogP) is 1.53. The van der Waals surface area contributed by atoms with Gasteiger partial charge in [-0.3, -0.25) is 0 Å². The van der Waals surface area contributed by atoms with Crippen molar-refractivity contribution in [1.29, 1.82) is 0 Å². The van der Waals surface area contributed by atoms with Crippen molar-refractivity contribution < 1.29 is 0 Å². The molecule has 0 radical (unpaired) electrons. The quantitative estimate of drug-likeness (QED) is 0.574. The van der Waals surface area contributed by atoms with E-state index in [9.17, 15) is 0 Å². The lowest BCUT2D eigenvalue weighted by atomic mass is 10.0. The summed E-state index contributed by atoms with van der Waals surface area (Å²) in [6.07, 6.45) is 11.0. The van der Waals surface area contributed by atoms with Crippen molar-refractivity contribution in [3.8, 4) is 12.3 Å². The van der Waals surface area contributed by atoms with Crippen molar-refractivity contribution in [3.63, 3.8) is 0 Å². The lowest BCUT2D eigenvalue weighted by Gasteiger charge is -2.04. The Kier molecular flexibility index (Phi) is 2.77. The highest BCUT2D eigenvalue weighted by molar-refractivity contribution is 4.86. The van der Waals surface area contributed by atoms with E-state index in [1.807, 2.05) is 0 Å². The van der Waals surface area contributed by atoms with E-state index in [0.717, 1.165) is 12.3 Å². The molecule has 1 rings (SSSR count). The van der Waals surface area contributed by atoms with Gasteiger partial charge in [0.25, 0.3) is 0 Å². The molecule has 0 aromatic heterocycles. The van der Waals surface area contributed by atoms with Crippen LogP contribution in [0.5, 0.6) is 0 Å². The molecule has 0 spiro atoms. The Balaban J connectivity index is 2.14. The Morgan fingerprint density at radius 2 is 2.30 bits per heavy atom. The van der Waals surface area contributed by atoms with Gasteiger partial charge in [-0.15, -0.1) is 12.3 Å². The zero-order valence-corrected chi connectivity index (χ0v) is 6.34. The van der Waals surface area contributed by atoms with Crippen LogP contribution in [0.3, 0.4) is 0 Å². The molecule has 1 nitrogen and oxygen atoms in total. The first-order valence-corrected chi connectivity index (χ1v) is 4.02. The van der Waals surface area contributed by atoms with Gasteiger partial charge in [-0.25, -0.2) is 0 Å². The van der Waals surface area contributed by atoms with Crippen molar-refractivity contribution in [2.45, 2.75) is 38.1 Å². The van der Waals surface area contributed by atoms with Crippen LogP contribution in [-0.2, 0) is 0 Å². The molecule has 1 saturated carbocycles. The van der Waals surface area contributed by atoms with Crippen LogP contribution in [-0.4, -0.2) is 6.04 Å². The first-order valence-electron chi connectivity index (χ1n) is 4.02. The molecule has 0 aromatic rings. The Morgan fingerprint density at radius 3 is 2.80 bits per heavy atom. The topological polar surface area (TPSA) is 26.0 Å². The molecule has 0 aromatic carbocycles. The Labute approximate surface area is 63.0 Å². The van der Waals surface area contributed by atoms with Crippen molar-refractivity contribution in [1.82, 2.24) is 0 Å². The van der Waals surface area contributed by atoms with Gasteiger partial charge in [0.15, 0.2) is 0 Å². The van der Waals surface area contributed by atoms with Gasteiger partial charge in [0, 0.05) is 12.5 Å². The molecule has 56 valence electrons. The molecular formula is C9H15N. The summed E-state index contributed by atoms with van der Waals surface area (Å²) in [5.41, 5.74) is 5.75. The van der Waals surface area contributed by atoms with E-state index in [0.29, 0.717) is 6.04 Å². The smallest absolute Gasteiger partial charge is 0.00887 e. The third-order valence-corrected chi connectivity index (χ3v) is 2.28. The fourth-order valence-corrected chi connectivity index (χ4v) is 1.66. The molecule has 0 saturated heterocycles. The molecule has 2 N–H and O–H groups in total. The molecule has 1 aliphatic carbocycles. The summed E-state index contributed by atoms with van der Waals surface area (Å²) in [5.74, 6) is 3.49. The van der Waals surface area contributed by atoms with E-state index in [2.05, 4.69) is 5.92 Å². The van der Waals surface area contributed by atoms with Gasteiger partial charge in [-0.2, -0.15) is 0 Å². The minimum absolute atomic E-state index is 0.461. The van der Waals surface area contributed by atoms with Crippen LogP contribution in [0.25, 0.3) is 0 Å². The normalized spacial score (nSPS) is 32.0. The molecule has 0 aliphatic heterocycles. The highest BCUT2D eigenvalue weighted by atomic mass is 14.6. The van der Waals surface area contributed by atoms with E-state index in [4.69, 9.17) is 12.2 Å². The third-order valence-electron chi connectivity index (χ3n) is 2.28. The lowest BCUT2D eigenvalue weighted by Crippen LogP contribution is -2.14. The number of rotatable bonds is 2. The molecule has 1 fully saturated rings. The van der Waals surface area contributed by atoms with Crippen LogP contribution in [0.1, 0.15) is 32.1 Å². The second kappa shape index (κ2) is 3.63. The minimum Gasteiger partial charge on any atom is -0.328 e. The zero-order chi connectivity index (χ0) is 7.40. The van der Waals surface area contributed by atoms with Gasteiger partial charge in [0.05, 0.1) is 0 Å². The van der Waals surface area contributed by atoms with E-state index in [1.165, 1.54) is 25.7 Å². The fraction of sp³-hybridized carbons (Fsp3) is 0.778. The van der Waals surface area contributed by atoms with Crippen LogP contribution >= 0.6 is 0 Å². The number of hydrogen-bond donors (Lipinski definition) is 1. The number of terminal acetylenes is 1. The predicted molar refractivity (Wildman–Crippen MR) is 43.4 cm³/mol. The van der Waals surface area contributed by atoms with Gasteiger partial charge in [-0.1, -0.05) is 0 Å². The molecule has 0 amide bonds. The van der Waals surface area contributed by atoms with Crippen molar-refractivity contribution >= 4 is 0 Å². The highest BCUT2D eigenvalue weighted by Gasteiger charge is 2.20. The second-order valence-corrected chi connectivity index (χ2v) is 3.18. The molecule has 0 bridgehead atoms. The lowest BCUT2D eigenvalue weighted by molar-refractivity contribution is 0.503. The standard InChI is InChI=1S/C9H15N/c1-2-3-4-8-5-6-9(10)7-8/h1,8-9H,3-7,10H2. The summed E-state index contributed by atoms with van der Waals surface area (Å²) in [6, 6.07) is 0.461. The Bertz CT molecular complexity index is 134. The van der Waals surface area contributed by atoms with Crippen molar-refractivity contribution in [2.24, 2.45) is 11.7 Å². The average molecular weight is 137 g/mol. The summed E-state index contributed by atoms with van der Waals surface area (Å²) in [6.45, 7) is 0. The Hall–Kier alpha value is -0.480. The van der Waals surface area contributed by atoms with Gasteiger partial charge in [-0.05, 0) is 31.6 Å². The van der Waals surface area contributed by atoms with Gasteiger partial charge >= 0.3 is 0 Å². The SMILES string of the molecule is C#CCCC1CCC(N)C1. The zero-order valence-electron chi connectivity index (χ0n) is 6.34. The molecule has 1 heteroatoms. The van der Waals surface area contributed by atoms with Crippen molar-refractivity contribution in [3.05, 3.63) is 0 Å². The number of hydrogen-bond acceptors (Lipinski definition) is 1. The van der Waals surface area contributed by atoms with Crippen LogP contribution in [0.15, 0.2) is 0 Å². The third kappa shape index (κ3) is 2.04. The van der Waals surface area contributed by atoms with E-state index in [1.54, 1.807) is 0 Å². The Morgan fingerprint density at radius 1 is 1.50 bits per heavy atom. The highest BCUT2D eigenvalue weighted by Crippen LogP contribution is 2.27.